The van der Waals surface area contributed by atoms with Crippen molar-refractivity contribution in [1.82, 2.24) is 0 Å². The first kappa shape index (κ1) is 27.1. The molecule has 12 atom stereocenters. The second-order valence-electron chi connectivity index (χ2n) is 13.1. The van der Waals surface area contributed by atoms with E-state index in [2.05, 4.69) is 20.8 Å². The first-order valence-corrected chi connectivity index (χ1v) is 13.9. The van der Waals surface area contributed by atoms with Gasteiger partial charge < -0.3 is 25.2 Å². The van der Waals surface area contributed by atoms with Gasteiger partial charge in [-0.05, 0) is 97.4 Å². The molecule has 1 heterocycles. The number of aliphatic hydroxyl groups excluding tert-OH is 4. The summed E-state index contributed by atoms with van der Waals surface area (Å²) in [7, 11) is 0. The number of esters is 1. The van der Waals surface area contributed by atoms with Crippen molar-refractivity contribution in [2.75, 3.05) is 6.61 Å². The van der Waals surface area contributed by atoms with Crippen molar-refractivity contribution >= 4 is 5.97 Å². The number of carbonyl (C=O) groups is 1. The van der Waals surface area contributed by atoms with Crippen LogP contribution in [0.4, 0.5) is 0 Å². The lowest BCUT2D eigenvalue weighted by molar-refractivity contribution is -0.162. The minimum atomic E-state index is -0.872. The SMILES string of the molecule is C/C=C(\C(C)C)C(O)C(O)C(C)C1CCC2C3COC(=O)C4CC(O)C(O)CC4(C)C3CCC12C. The molecule has 0 aromatic carbocycles. The number of carbonyl (C=O) groups excluding carboxylic acids is 1. The zero-order valence-corrected chi connectivity index (χ0v) is 22.5. The molecule has 4 rings (SSSR count). The van der Waals surface area contributed by atoms with Crippen LogP contribution >= 0.6 is 0 Å². The van der Waals surface area contributed by atoms with Crippen molar-refractivity contribution in [1.29, 1.82) is 0 Å². The van der Waals surface area contributed by atoms with Crippen molar-refractivity contribution < 1.29 is 30.0 Å². The Bertz CT molecular complexity index is 824. The van der Waals surface area contributed by atoms with Crippen LogP contribution in [-0.4, -0.2) is 57.4 Å². The zero-order valence-electron chi connectivity index (χ0n) is 22.5. The smallest absolute Gasteiger partial charge is 0.309 e. The molecule has 35 heavy (non-hydrogen) atoms. The van der Waals surface area contributed by atoms with Gasteiger partial charge in [0.1, 0.15) is 6.10 Å². The van der Waals surface area contributed by atoms with Gasteiger partial charge in [0.05, 0.1) is 30.8 Å². The minimum Gasteiger partial charge on any atom is -0.465 e. The number of ether oxygens (including phenoxy) is 1. The number of hydrogen-bond acceptors (Lipinski definition) is 6. The molecule has 0 radical (unpaired) electrons. The fraction of sp³-hybridized carbons (Fsp3) is 0.897. The maximum absolute atomic E-state index is 13.0. The summed E-state index contributed by atoms with van der Waals surface area (Å²) >= 11 is 0. The molecule has 6 heteroatoms. The normalized spacial score (nSPS) is 46.7. The molecule has 6 nitrogen and oxygen atoms in total. The monoisotopic (exact) mass is 492 g/mol. The predicted molar refractivity (Wildman–Crippen MR) is 134 cm³/mol. The standard InChI is InChI=1S/C29H48O6/c1-7-17(15(2)3)26(33)25(32)16(4)19-8-9-20-18-14-35-27(34)22-12-23(30)24(31)13-29(22,6)21(18)10-11-28(19,20)5/h7,15-16,18-26,30-33H,8-14H2,1-6H3/b17-7+. The number of allylic oxidation sites excluding steroid dienone is 1. The molecule has 3 saturated carbocycles. The minimum absolute atomic E-state index is 0.00457. The molecule has 0 bridgehead atoms. The van der Waals surface area contributed by atoms with Gasteiger partial charge in [0.25, 0.3) is 0 Å². The average Bonchev–Trinajstić information content (AvgIpc) is 3.11. The summed E-state index contributed by atoms with van der Waals surface area (Å²) in [4.78, 5) is 13.0. The first-order valence-electron chi connectivity index (χ1n) is 13.9. The van der Waals surface area contributed by atoms with E-state index in [1.165, 1.54) is 0 Å². The van der Waals surface area contributed by atoms with E-state index in [4.69, 9.17) is 4.74 Å². The van der Waals surface area contributed by atoms with Crippen molar-refractivity contribution in [3.63, 3.8) is 0 Å². The highest BCUT2D eigenvalue weighted by molar-refractivity contribution is 5.74. The van der Waals surface area contributed by atoms with Crippen LogP contribution in [0, 0.1) is 52.3 Å². The Morgan fingerprint density at radius 1 is 1.03 bits per heavy atom. The molecule has 0 spiro atoms. The molecule has 200 valence electrons. The van der Waals surface area contributed by atoms with Crippen LogP contribution in [0.2, 0.25) is 0 Å². The molecule has 1 saturated heterocycles. The number of aliphatic hydroxyl groups is 4. The number of fused-ring (bicyclic) bond motifs is 5. The third-order valence-electron chi connectivity index (χ3n) is 11.3. The van der Waals surface area contributed by atoms with E-state index in [0.717, 1.165) is 31.3 Å². The molecule has 4 N–H and O–H groups in total. The van der Waals surface area contributed by atoms with Gasteiger partial charge in [-0.1, -0.05) is 40.7 Å². The molecule has 4 aliphatic rings. The number of hydrogen-bond donors (Lipinski definition) is 4. The molecular weight excluding hydrogens is 444 g/mol. The quantitative estimate of drug-likeness (QED) is 0.344. The van der Waals surface area contributed by atoms with Crippen LogP contribution in [0.15, 0.2) is 11.6 Å². The summed E-state index contributed by atoms with van der Waals surface area (Å²) in [6.45, 7) is 13.0. The largest absolute Gasteiger partial charge is 0.465 e. The molecule has 4 fully saturated rings. The van der Waals surface area contributed by atoms with Gasteiger partial charge in [-0.15, -0.1) is 0 Å². The Labute approximate surface area is 211 Å². The topological polar surface area (TPSA) is 107 Å². The van der Waals surface area contributed by atoms with E-state index < -0.39 is 24.4 Å². The average molecular weight is 493 g/mol. The summed E-state index contributed by atoms with van der Waals surface area (Å²) in [6.07, 6.45) is 3.28. The van der Waals surface area contributed by atoms with Gasteiger partial charge >= 0.3 is 5.97 Å². The van der Waals surface area contributed by atoms with Crippen LogP contribution in [0.1, 0.15) is 80.1 Å². The lowest BCUT2D eigenvalue weighted by atomic mass is 9.48. The Kier molecular flexibility index (Phi) is 7.54. The fourth-order valence-corrected chi connectivity index (χ4v) is 9.26. The fourth-order valence-electron chi connectivity index (χ4n) is 9.26. The number of rotatable bonds is 5. The van der Waals surface area contributed by atoms with Crippen molar-refractivity contribution in [3.8, 4) is 0 Å². The Balaban J connectivity index is 1.58. The first-order chi connectivity index (χ1) is 16.4. The highest BCUT2D eigenvalue weighted by Gasteiger charge is 2.63. The molecule has 0 aromatic rings. The summed E-state index contributed by atoms with van der Waals surface area (Å²) in [5, 5.41) is 43.1. The van der Waals surface area contributed by atoms with Gasteiger partial charge in [-0.3, -0.25) is 4.79 Å². The molecule has 1 aliphatic heterocycles. The maximum atomic E-state index is 13.0. The van der Waals surface area contributed by atoms with E-state index in [0.29, 0.717) is 18.9 Å². The summed E-state index contributed by atoms with van der Waals surface area (Å²) in [5.41, 5.74) is 0.515. The summed E-state index contributed by atoms with van der Waals surface area (Å²) in [5.74, 6) is 0.676. The third-order valence-corrected chi connectivity index (χ3v) is 11.3. The van der Waals surface area contributed by atoms with Crippen LogP contribution < -0.4 is 0 Å². The lowest BCUT2D eigenvalue weighted by Crippen LogP contribution is -2.55. The van der Waals surface area contributed by atoms with E-state index in [-0.39, 0.29) is 58.7 Å². The third kappa shape index (κ3) is 4.30. The van der Waals surface area contributed by atoms with E-state index in [1.54, 1.807) is 0 Å². The Morgan fingerprint density at radius 2 is 1.69 bits per heavy atom. The van der Waals surface area contributed by atoms with Gasteiger partial charge in [-0.2, -0.15) is 0 Å². The number of cyclic esters (lactones) is 1. The Hall–Kier alpha value is -0.950. The van der Waals surface area contributed by atoms with E-state index >= 15 is 0 Å². The van der Waals surface area contributed by atoms with Gasteiger partial charge in [0.15, 0.2) is 0 Å². The maximum Gasteiger partial charge on any atom is 0.309 e. The van der Waals surface area contributed by atoms with Crippen LogP contribution in [0.25, 0.3) is 0 Å². The highest BCUT2D eigenvalue weighted by atomic mass is 16.5. The second-order valence-corrected chi connectivity index (χ2v) is 13.1. The predicted octanol–water partition coefficient (Wildman–Crippen LogP) is 3.70. The van der Waals surface area contributed by atoms with Gasteiger partial charge in [-0.25, -0.2) is 0 Å². The molecule has 0 amide bonds. The van der Waals surface area contributed by atoms with Gasteiger partial charge in [0, 0.05) is 0 Å². The summed E-state index contributed by atoms with van der Waals surface area (Å²) < 4.78 is 5.87. The van der Waals surface area contributed by atoms with Crippen LogP contribution in [-0.2, 0) is 9.53 Å². The molecule has 0 aromatic heterocycles. The van der Waals surface area contributed by atoms with Gasteiger partial charge in [0.2, 0.25) is 0 Å². The van der Waals surface area contributed by atoms with Crippen LogP contribution in [0.3, 0.4) is 0 Å². The molecule has 12 unspecified atom stereocenters. The van der Waals surface area contributed by atoms with E-state index in [1.807, 2.05) is 26.8 Å². The zero-order chi connectivity index (χ0) is 25.9. The summed E-state index contributed by atoms with van der Waals surface area (Å²) in [6, 6.07) is 0. The highest BCUT2D eigenvalue weighted by Crippen LogP contribution is 2.66. The molecular formula is C29H48O6. The van der Waals surface area contributed by atoms with E-state index in [9.17, 15) is 25.2 Å². The van der Waals surface area contributed by atoms with Crippen molar-refractivity contribution in [3.05, 3.63) is 11.6 Å². The Morgan fingerprint density at radius 3 is 2.31 bits per heavy atom. The molecule has 3 aliphatic carbocycles. The van der Waals surface area contributed by atoms with Crippen molar-refractivity contribution in [2.45, 2.75) is 104 Å². The lowest BCUT2D eigenvalue weighted by Gasteiger charge is -2.56. The van der Waals surface area contributed by atoms with Crippen molar-refractivity contribution in [2.24, 2.45) is 52.3 Å². The van der Waals surface area contributed by atoms with Crippen LogP contribution in [0.5, 0.6) is 0 Å². The second kappa shape index (κ2) is 9.74.